The fraction of sp³-hybridized carbons (Fsp3) is 0.600. The fourth-order valence-corrected chi connectivity index (χ4v) is 3.45. The summed E-state index contributed by atoms with van der Waals surface area (Å²) >= 11 is 3.51. The van der Waals surface area contributed by atoms with Crippen LogP contribution in [0.25, 0.3) is 0 Å². The molecule has 1 aromatic rings. The largest absolute Gasteiger partial charge is 0.507 e. The van der Waals surface area contributed by atoms with E-state index in [1.54, 1.807) is 0 Å². The van der Waals surface area contributed by atoms with Crippen molar-refractivity contribution in [1.29, 1.82) is 0 Å². The molecule has 0 aromatic heterocycles. The highest BCUT2D eigenvalue weighted by Gasteiger charge is 2.23. The van der Waals surface area contributed by atoms with E-state index < -0.39 is 0 Å². The van der Waals surface area contributed by atoms with Gasteiger partial charge in [0.2, 0.25) is 0 Å². The highest BCUT2D eigenvalue weighted by molar-refractivity contribution is 9.10. The molecular weight excluding hydrogens is 290 g/mol. The van der Waals surface area contributed by atoms with Gasteiger partial charge in [-0.2, -0.15) is 0 Å². The van der Waals surface area contributed by atoms with Crippen LogP contribution in [-0.4, -0.2) is 22.6 Å². The third kappa shape index (κ3) is 3.07. The van der Waals surface area contributed by atoms with Gasteiger partial charge in [0.1, 0.15) is 5.75 Å². The average Bonchev–Trinajstić information content (AvgIpc) is 2.29. The average molecular weight is 312 g/mol. The lowest BCUT2D eigenvalue weighted by atomic mass is 9.93. The monoisotopic (exact) mass is 311 g/mol. The van der Waals surface area contributed by atoms with Gasteiger partial charge in [0, 0.05) is 22.6 Å². The SMILES string of the molecule is Cc1cc(Br)cc(CN2CCC(C)CC2C)c1O. The van der Waals surface area contributed by atoms with Crippen LogP contribution < -0.4 is 0 Å². The van der Waals surface area contributed by atoms with Gasteiger partial charge < -0.3 is 5.11 Å². The zero-order chi connectivity index (χ0) is 13.3. The molecule has 0 amide bonds. The summed E-state index contributed by atoms with van der Waals surface area (Å²) in [6.45, 7) is 8.55. The quantitative estimate of drug-likeness (QED) is 0.889. The van der Waals surface area contributed by atoms with Crippen molar-refractivity contribution < 1.29 is 5.11 Å². The first kappa shape index (κ1) is 13.9. The van der Waals surface area contributed by atoms with Crippen molar-refractivity contribution in [2.45, 2.75) is 46.2 Å². The predicted molar refractivity (Wildman–Crippen MR) is 78.8 cm³/mol. The number of rotatable bonds is 2. The standard InChI is InChI=1S/C15H22BrNO/c1-10-4-5-17(12(3)6-10)9-13-8-14(16)7-11(2)15(13)18/h7-8,10,12,18H,4-6,9H2,1-3H3. The Bertz CT molecular complexity index is 433. The molecule has 2 unspecified atom stereocenters. The summed E-state index contributed by atoms with van der Waals surface area (Å²) in [6, 6.07) is 4.60. The van der Waals surface area contributed by atoms with Crippen LogP contribution in [0, 0.1) is 12.8 Å². The first-order valence-electron chi connectivity index (χ1n) is 6.69. The van der Waals surface area contributed by atoms with Gasteiger partial charge >= 0.3 is 0 Å². The lowest BCUT2D eigenvalue weighted by molar-refractivity contribution is 0.121. The zero-order valence-corrected chi connectivity index (χ0v) is 13.0. The van der Waals surface area contributed by atoms with E-state index in [1.165, 1.54) is 12.8 Å². The number of hydrogen-bond acceptors (Lipinski definition) is 2. The van der Waals surface area contributed by atoms with E-state index in [9.17, 15) is 5.11 Å². The van der Waals surface area contributed by atoms with Crippen molar-refractivity contribution in [3.05, 3.63) is 27.7 Å². The lowest BCUT2D eigenvalue weighted by Gasteiger charge is -2.36. The van der Waals surface area contributed by atoms with Crippen molar-refractivity contribution in [2.24, 2.45) is 5.92 Å². The maximum Gasteiger partial charge on any atom is 0.123 e. The molecule has 0 bridgehead atoms. The van der Waals surface area contributed by atoms with Gasteiger partial charge in [0.25, 0.3) is 0 Å². The summed E-state index contributed by atoms with van der Waals surface area (Å²) in [7, 11) is 0. The topological polar surface area (TPSA) is 23.5 Å². The summed E-state index contributed by atoms with van der Waals surface area (Å²) in [5, 5.41) is 10.1. The number of aromatic hydroxyl groups is 1. The molecule has 1 N–H and O–H groups in total. The van der Waals surface area contributed by atoms with E-state index in [4.69, 9.17) is 0 Å². The summed E-state index contributed by atoms with van der Waals surface area (Å²) in [6.07, 6.45) is 2.52. The van der Waals surface area contributed by atoms with E-state index in [-0.39, 0.29) is 0 Å². The fourth-order valence-electron chi connectivity index (χ4n) is 2.83. The Kier molecular flexibility index (Phi) is 4.33. The minimum atomic E-state index is 0.448. The maximum atomic E-state index is 10.1. The second-order valence-electron chi connectivity index (χ2n) is 5.68. The van der Waals surface area contributed by atoms with Crippen LogP contribution in [0.4, 0.5) is 0 Å². The molecule has 100 valence electrons. The van der Waals surface area contributed by atoms with E-state index in [0.29, 0.717) is 11.8 Å². The van der Waals surface area contributed by atoms with Crippen LogP contribution in [0.2, 0.25) is 0 Å². The van der Waals surface area contributed by atoms with Gasteiger partial charge in [-0.25, -0.2) is 0 Å². The van der Waals surface area contributed by atoms with Crippen molar-refractivity contribution in [1.82, 2.24) is 4.90 Å². The molecule has 2 atom stereocenters. The highest BCUT2D eigenvalue weighted by Crippen LogP contribution is 2.30. The summed E-state index contributed by atoms with van der Waals surface area (Å²) in [4.78, 5) is 2.47. The third-order valence-electron chi connectivity index (χ3n) is 3.99. The molecule has 1 heterocycles. The van der Waals surface area contributed by atoms with Crippen LogP contribution in [-0.2, 0) is 6.54 Å². The second-order valence-corrected chi connectivity index (χ2v) is 6.60. The number of hydrogen-bond donors (Lipinski definition) is 1. The van der Waals surface area contributed by atoms with Crippen molar-refractivity contribution in [3.8, 4) is 5.75 Å². The molecule has 0 radical (unpaired) electrons. The number of phenolic OH excluding ortho intramolecular Hbond substituents is 1. The molecule has 0 saturated carbocycles. The van der Waals surface area contributed by atoms with Crippen LogP contribution >= 0.6 is 15.9 Å². The van der Waals surface area contributed by atoms with Gasteiger partial charge in [-0.15, -0.1) is 0 Å². The van der Waals surface area contributed by atoms with Gasteiger partial charge in [0.05, 0.1) is 0 Å². The Hall–Kier alpha value is -0.540. The van der Waals surface area contributed by atoms with E-state index in [1.807, 2.05) is 19.1 Å². The van der Waals surface area contributed by atoms with Crippen LogP contribution in [0.1, 0.15) is 37.8 Å². The summed E-state index contributed by atoms with van der Waals surface area (Å²) in [5.74, 6) is 1.28. The molecule has 3 heteroatoms. The smallest absolute Gasteiger partial charge is 0.123 e. The van der Waals surface area contributed by atoms with Crippen LogP contribution in [0.15, 0.2) is 16.6 Å². The van der Waals surface area contributed by atoms with E-state index in [0.717, 1.165) is 34.6 Å². The number of piperidine rings is 1. The van der Waals surface area contributed by atoms with E-state index in [2.05, 4.69) is 34.7 Å². The second kappa shape index (κ2) is 5.62. The minimum Gasteiger partial charge on any atom is -0.507 e. The molecule has 1 aliphatic heterocycles. The molecule has 1 aromatic carbocycles. The first-order valence-corrected chi connectivity index (χ1v) is 7.48. The molecule has 2 rings (SSSR count). The maximum absolute atomic E-state index is 10.1. The Balaban J connectivity index is 2.14. The first-order chi connectivity index (χ1) is 8.47. The van der Waals surface area contributed by atoms with E-state index >= 15 is 0 Å². The Morgan fingerprint density at radius 2 is 2.11 bits per heavy atom. The lowest BCUT2D eigenvalue weighted by Crippen LogP contribution is -2.39. The Morgan fingerprint density at radius 1 is 1.39 bits per heavy atom. The van der Waals surface area contributed by atoms with Gasteiger partial charge in [0.15, 0.2) is 0 Å². The Morgan fingerprint density at radius 3 is 2.78 bits per heavy atom. The van der Waals surface area contributed by atoms with Gasteiger partial charge in [-0.05, 0) is 56.8 Å². The number of aryl methyl sites for hydroxylation is 1. The third-order valence-corrected chi connectivity index (χ3v) is 4.45. The molecule has 1 aliphatic rings. The summed E-state index contributed by atoms with van der Waals surface area (Å²) in [5.41, 5.74) is 1.97. The number of nitrogens with zero attached hydrogens (tertiary/aromatic N) is 1. The molecule has 2 nitrogen and oxygen atoms in total. The van der Waals surface area contributed by atoms with Crippen molar-refractivity contribution in [2.75, 3.05) is 6.54 Å². The molecule has 1 saturated heterocycles. The van der Waals surface area contributed by atoms with Gasteiger partial charge in [-0.1, -0.05) is 22.9 Å². The molecular formula is C15H22BrNO. The number of likely N-dealkylation sites (tertiary alicyclic amines) is 1. The Labute approximate surface area is 118 Å². The molecule has 18 heavy (non-hydrogen) atoms. The van der Waals surface area contributed by atoms with Crippen LogP contribution in [0.3, 0.4) is 0 Å². The number of benzene rings is 1. The molecule has 1 fully saturated rings. The predicted octanol–water partition coefficient (Wildman–Crippen LogP) is 4.08. The van der Waals surface area contributed by atoms with Gasteiger partial charge in [-0.3, -0.25) is 4.90 Å². The number of halogens is 1. The minimum absolute atomic E-state index is 0.448. The van der Waals surface area contributed by atoms with Crippen molar-refractivity contribution in [3.63, 3.8) is 0 Å². The normalized spacial score (nSPS) is 25.3. The van der Waals surface area contributed by atoms with Crippen molar-refractivity contribution >= 4 is 15.9 Å². The highest BCUT2D eigenvalue weighted by atomic mass is 79.9. The number of phenols is 1. The summed E-state index contributed by atoms with van der Waals surface area (Å²) < 4.78 is 1.05. The zero-order valence-electron chi connectivity index (χ0n) is 11.4. The molecule has 0 aliphatic carbocycles. The molecule has 0 spiro atoms. The van der Waals surface area contributed by atoms with Crippen LogP contribution in [0.5, 0.6) is 5.75 Å².